The topological polar surface area (TPSA) is 59.6 Å². The molecular weight excluding hydrogens is 292 g/mol. The van der Waals surface area contributed by atoms with E-state index in [9.17, 15) is 4.79 Å². The molecule has 0 aromatic heterocycles. The van der Waals surface area contributed by atoms with E-state index >= 15 is 0 Å². The number of carbonyl (C=O) groups excluding carboxylic acids is 1. The number of hydrogen-bond acceptors (Lipinski definition) is 4. The van der Waals surface area contributed by atoms with Crippen molar-refractivity contribution in [3.05, 3.63) is 47.5 Å². The van der Waals surface area contributed by atoms with Gasteiger partial charge >= 0.3 is 0 Å². The van der Waals surface area contributed by atoms with Crippen LogP contribution < -0.4 is 20.1 Å². The second-order valence-electron chi connectivity index (χ2n) is 5.32. The van der Waals surface area contributed by atoms with Crippen molar-refractivity contribution < 1.29 is 14.3 Å². The minimum atomic E-state index is -0.139. The average Bonchev–Trinajstić information content (AvgIpc) is 2.53. The van der Waals surface area contributed by atoms with Gasteiger partial charge in [-0.05, 0) is 25.5 Å². The van der Waals surface area contributed by atoms with E-state index < -0.39 is 0 Å². The van der Waals surface area contributed by atoms with E-state index in [1.54, 1.807) is 32.4 Å². The highest BCUT2D eigenvalue weighted by Crippen LogP contribution is 2.25. The molecule has 5 heteroatoms. The summed E-state index contributed by atoms with van der Waals surface area (Å²) in [5.41, 5.74) is 3.89. The highest BCUT2D eigenvalue weighted by atomic mass is 16.5. The second kappa shape index (κ2) is 7.54. The number of rotatable bonds is 6. The summed E-state index contributed by atoms with van der Waals surface area (Å²) in [6, 6.07) is 11.3. The van der Waals surface area contributed by atoms with Gasteiger partial charge in [0.15, 0.2) is 0 Å². The quantitative estimate of drug-likeness (QED) is 0.858. The molecule has 0 saturated heterocycles. The van der Waals surface area contributed by atoms with Gasteiger partial charge in [-0.1, -0.05) is 17.7 Å². The molecule has 2 N–H and O–H groups in total. The maximum Gasteiger partial charge on any atom is 0.243 e. The van der Waals surface area contributed by atoms with Crippen LogP contribution in [0.25, 0.3) is 0 Å². The molecule has 0 fully saturated rings. The van der Waals surface area contributed by atoms with Crippen molar-refractivity contribution in [1.82, 2.24) is 0 Å². The number of carbonyl (C=O) groups is 1. The van der Waals surface area contributed by atoms with E-state index in [1.807, 2.05) is 26.0 Å². The normalized spacial score (nSPS) is 10.1. The third-order valence-electron chi connectivity index (χ3n) is 3.46. The fourth-order valence-electron chi connectivity index (χ4n) is 2.27. The molecule has 23 heavy (non-hydrogen) atoms. The number of nitrogens with one attached hydrogen (secondary N) is 2. The average molecular weight is 314 g/mol. The summed E-state index contributed by atoms with van der Waals surface area (Å²) in [5.74, 6) is 1.12. The van der Waals surface area contributed by atoms with Crippen molar-refractivity contribution in [1.29, 1.82) is 0 Å². The van der Waals surface area contributed by atoms with Crippen LogP contribution in [0.5, 0.6) is 11.5 Å². The molecule has 0 saturated carbocycles. The third-order valence-corrected chi connectivity index (χ3v) is 3.46. The summed E-state index contributed by atoms with van der Waals surface area (Å²) in [5, 5.41) is 5.97. The first-order valence-corrected chi connectivity index (χ1v) is 7.36. The van der Waals surface area contributed by atoms with Crippen molar-refractivity contribution >= 4 is 17.3 Å². The molecule has 0 radical (unpaired) electrons. The molecule has 0 aliphatic rings. The summed E-state index contributed by atoms with van der Waals surface area (Å²) in [7, 11) is 3.14. The third kappa shape index (κ3) is 4.64. The van der Waals surface area contributed by atoms with Crippen molar-refractivity contribution in [3.63, 3.8) is 0 Å². The van der Waals surface area contributed by atoms with Crippen molar-refractivity contribution in [2.75, 3.05) is 31.4 Å². The lowest BCUT2D eigenvalue weighted by molar-refractivity contribution is -0.114. The number of methoxy groups -OCH3 is 2. The van der Waals surface area contributed by atoms with Gasteiger partial charge in [-0.3, -0.25) is 4.79 Å². The highest BCUT2D eigenvalue weighted by Gasteiger charge is 2.07. The minimum Gasteiger partial charge on any atom is -0.497 e. The zero-order chi connectivity index (χ0) is 16.8. The van der Waals surface area contributed by atoms with Gasteiger partial charge in [-0.15, -0.1) is 0 Å². The Morgan fingerprint density at radius 1 is 1.00 bits per heavy atom. The highest BCUT2D eigenvalue weighted by molar-refractivity contribution is 5.94. The van der Waals surface area contributed by atoms with Gasteiger partial charge in [-0.2, -0.15) is 0 Å². The lowest BCUT2D eigenvalue weighted by Gasteiger charge is -2.12. The number of aryl methyl sites for hydroxylation is 2. The molecule has 122 valence electrons. The Hall–Kier alpha value is -2.69. The summed E-state index contributed by atoms with van der Waals surface area (Å²) >= 11 is 0. The molecule has 2 aromatic rings. The first kappa shape index (κ1) is 16.7. The first-order chi connectivity index (χ1) is 11.0. The molecule has 0 spiro atoms. The van der Waals surface area contributed by atoms with Crippen molar-refractivity contribution in [3.8, 4) is 11.5 Å². The number of hydrogen-bond donors (Lipinski definition) is 2. The van der Waals surface area contributed by atoms with Gasteiger partial charge < -0.3 is 20.1 Å². The molecule has 0 heterocycles. The lowest BCUT2D eigenvalue weighted by atomic mass is 10.1. The Kier molecular flexibility index (Phi) is 5.46. The van der Waals surface area contributed by atoms with E-state index in [2.05, 4.69) is 16.7 Å². The Balaban J connectivity index is 1.99. The molecule has 1 amide bonds. The molecule has 5 nitrogen and oxygen atoms in total. The van der Waals surface area contributed by atoms with Gasteiger partial charge in [0.25, 0.3) is 0 Å². The van der Waals surface area contributed by atoms with Crippen molar-refractivity contribution in [2.45, 2.75) is 13.8 Å². The Labute approximate surface area is 136 Å². The summed E-state index contributed by atoms with van der Waals surface area (Å²) < 4.78 is 10.4. The maximum atomic E-state index is 12.1. The number of benzene rings is 2. The predicted octanol–water partition coefficient (Wildman–Crippen LogP) is 3.37. The number of amides is 1. The number of anilines is 2. The van der Waals surface area contributed by atoms with Crippen LogP contribution in [-0.2, 0) is 4.79 Å². The Morgan fingerprint density at radius 2 is 1.65 bits per heavy atom. The van der Waals surface area contributed by atoms with E-state index in [4.69, 9.17) is 9.47 Å². The fraction of sp³-hybridized carbons (Fsp3) is 0.278. The largest absolute Gasteiger partial charge is 0.497 e. The van der Waals surface area contributed by atoms with Crippen LogP contribution in [0.15, 0.2) is 36.4 Å². The summed E-state index contributed by atoms with van der Waals surface area (Å²) in [4.78, 5) is 12.1. The molecule has 0 atom stereocenters. The monoisotopic (exact) mass is 314 g/mol. The van der Waals surface area contributed by atoms with Gasteiger partial charge in [0, 0.05) is 29.6 Å². The van der Waals surface area contributed by atoms with E-state index in [-0.39, 0.29) is 12.5 Å². The summed E-state index contributed by atoms with van der Waals surface area (Å²) in [6.45, 7) is 4.24. The molecule has 2 rings (SSSR count). The number of ether oxygens (including phenoxy) is 2. The lowest BCUT2D eigenvalue weighted by Crippen LogP contribution is -2.22. The smallest absolute Gasteiger partial charge is 0.243 e. The molecule has 0 bridgehead atoms. The van der Waals surface area contributed by atoms with Crippen LogP contribution in [-0.4, -0.2) is 26.7 Å². The van der Waals surface area contributed by atoms with Crippen LogP contribution in [0.3, 0.4) is 0 Å². The first-order valence-electron chi connectivity index (χ1n) is 7.36. The van der Waals surface area contributed by atoms with E-state index in [0.717, 1.165) is 11.3 Å². The van der Waals surface area contributed by atoms with Crippen LogP contribution in [0.4, 0.5) is 11.4 Å². The van der Waals surface area contributed by atoms with Crippen LogP contribution in [0.2, 0.25) is 0 Å². The standard InChI is InChI=1S/C18H22N2O3/c1-12-5-6-17(13(2)7-12)19-11-18(21)20-14-8-15(22-3)10-16(9-14)23-4/h5-10,19H,11H2,1-4H3,(H,20,21). The Morgan fingerprint density at radius 3 is 2.22 bits per heavy atom. The van der Waals surface area contributed by atoms with Crippen LogP contribution >= 0.6 is 0 Å². The van der Waals surface area contributed by atoms with Gasteiger partial charge in [0.1, 0.15) is 11.5 Å². The van der Waals surface area contributed by atoms with Gasteiger partial charge in [0.2, 0.25) is 5.91 Å². The van der Waals surface area contributed by atoms with Gasteiger partial charge in [-0.25, -0.2) is 0 Å². The zero-order valence-corrected chi connectivity index (χ0v) is 13.9. The minimum absolute atomic E-state index is 0.139. The zero-order valence-electron chi connectivity index (χ0n) is 13.9. The fourth-order valence-corrected chi connectivity index (χ4v) is 2.27. The molecule has 0 aliphatic carbocycles. The predicted molar refractivity (Wildman–Crippen MR) is 92.6 cm³/mol. The van der Waals surface area contributed by atoms with Crippen LogP contribution in [0, 0.1) is 13.8 Å². The second-order valence-corrected chi connectivity index (χ2v) is 5.32. The van der Waals surface area contributed by atoms with E-state index in [1.165, 1.54) is 5.56 Å². The van der Waals surface area contributed by atoms with Crippen LogP contribution in [0.1, 0.15) is 11.1 Å². The Bertz CT molecular complexity index is 676. The molecule has 2 aromatic carbocycles. The maximum absolute atomic E-state index is 12.1. The molecular formula is C18H22N2O3. The molecule has 0 unspecified atom stereocenters. The SMILES string of the molecule is COc1cc(NC(=O)CNc2ccc(C)cc2C)cc(OC)c1. The molecule has 0 aliphatic heterocycles. The van der Waals surface area contributed by atoms with Gasteiger partial charge in [0.05, 0.1) is 20.8 Å². The van der Waals surface area contributed by atoms with Crippen molar-refractivity contribution in [2.24, 2.45) is 0 Å². The van der Waals surface area contributed by atoms with E-state index in [0.29, 0.717) is 17.2 Å². The summed E-state index contributed by atoms with van der Waals surface area (Å²) in [6.07, 6.45) is 0.